The zero-order valence-electron chi connectivity index (χ0n) is 12.0. The molecule has 0 aliphatic rings. The van der Waals surface area contributed by atoms with Crippen molar-refractivity contribution in [3.8, 4) is 0 Å². The molecule has 6 nitrogen and oxygen atoms in total. The third-order valence-corrected chi connectivity index (χ3v) is 3.11. The Morgan fingerprint density at radius 2 is 2.05 bits per heavy atom. The molecule has 1 unspecified atom stereocenters. The molecule has 0 aromatic carbocycles. The Kier molecular flexibility index (Phi) is 6.11. The van der Waals surface area contributed by atoms with Crippen LogP contribution in [0, 0.1) is 0 Å². The predicted octanol–water partition coefficient (Wildman–Crippen LogP) is 1.67. The van der Waals surface area contributed by atoms with Gasteiger partial charge in [0.25, 0.3) is 5.91 Å². The SMILES string of the molecule is CCC(C)N(CCOC)C(=O)c1cccc(C(=O)O)n1. The summed E-state index contributed by atoms with van der Waals surface area (Å²) in [5.41, 5.74) is 0.00740. The summed E-state index contributed by atoms with van der Waals surface area (Å²) in [7, 11) is 1.57. The minimum absolute atomic E-state index is 0.0351. The lowest BCUT2D eigenvalue weighted by Gasteiger charge is -2.28. The van der Waals surface area contributed by atoms with E-state index in [1.54, 1.807) is 12.0 Å². The monoisotopic (exact) mass is 280 g/mol. The number of nitrogens with zero attached hydrogens (tertiary/aromatic N) is 2. The van der Waals surface area contributed by atoms with Gasteiger partial charge in [-0.2, -0.15) is 0 Å². The molecule has 20 heavy (non-hydrogen) atoms. The van der Waals surface area contributed by atoms with E-state index < -0.39 is 5.97 Å². The number of rotatable bonds is 7. The standard InChI is InChI=1S/C14H20N2O4/c1-4-10(2)16(8-9-20-3)13(17)11-6-5-7-12(15-11)14(18)19/h5-7,10H,4,8-9H2,1-3H3,(H,18,19). The van der Waals surface area contributed by atoms with Gasteiger partial charge < -0.3 is 14.7 Å². The average Bonchev–Trinajstić information content (AvgIpc) is 2.47. The van der Waals surface area contributed by atoms with Crippen molar-refractivity contribution >= 4 is 11.9 Å². The summed E-state index contributed by atoms with van der Waals surface area (Å²) in [4.78, 5) is 28.9. The number of carbonyl (C=O) groups is 2. The van der Waals surface area contributed by atoms with Crippen molar-refractivity contribution in [2.75, 3.05) is 20.3 Å². The van der Waals surface area contributed by atoms with Crippen LogP contribution in [0.4, 0.5) is 0 Å². The van der Waals surface area contributed by atoms with Crippen LogP contribution < -0.4 is 0 Å². The minimum atomic E-state index is -1.15. The summed E-state index contributed by atoms with van der Waals surface area (Å²) in [5.74, 6) is -1.42. The van der Waals surface area contributed by atoms with Crippen LogP contribution in [0.2, 0.25) is 0 Å². The highest BCUT2D eigenvalue weighted by Crippen LogP contribution is 2.10. The van der Waals surface area contributed by atoms with Gasteiger partial charge in [-0.25, -0.2) is 9.78 Å². The summed E-state index contributed by atoms with van der Waals surface area (Å²) in [5, 5.41) is 8.92. The van der Waals surface area contributed by atoms with E-state index in [9.17, 15) is 9.59 Å². The topological polar surface area (TPSA) is 79.7 Å². The maximum Gasteiger partial charge on any atom is 0.354 e. The first-order chi connectivity index (χ1) is 9.51. The van der Waals surface area contributed by atoms with E-state index in [1.807, 2.05) is 13.8 Å². The molecule has 1 atom stereocenters. The van der Waals surface area contributed by atoms with Gasteiger partial charge >= 0.3 is 5.97 Å². The van der Waals surface area contributed by atoms with Gasteiger partial charge in [-0.15, -0.1) is 0 Å². The fraction of sp³-hybridized carbons (Fsp3) is 0.500. The van der Waals surface area contributed by atoms with Gasteiger partial charge in [0.05, 0.1) is 6.61 Å². The summed E-state index contributed by atoms with van der Waals surface area (Å²) in [6, 6.07) is 4.45. The minimum Gasteiger partial charge on any atom is -0.477 e. The number of hydrogen-bond donors (Lipinski definition) is 1. The van der Waals surface area contributed by atoms with E-state index >= 15 is 0 Å². The highest BCUT2D eigenvalue weighted by Gasteiger charge is 2.22. The van der Waals surface area contributed by atoms with Gasteiger partial charge in [-0.3, -0.25) is 4.79 Å². The molecule has 0 spiro atoms. The first-order valence-electron chi connectivity index (χ1n) is 6.51. The van der Waals surface area contributed by atoms with Crippen LogP contribution in [0.1, 0.15) is 41.2 Å². The molecule has 110 valence electrons. The smallest absolute Gasteiger partial charge is 0.354 e. The molecule has 0 bridgehead atoms. The fourth-order valence-corrected chi connectivity index (χ4v) is 1.75. The summed E-state index contributed by atoms with van der Waals surface area (Å²) in [6.45, 7) is 4.80. The Morgan fingerprint density at radius 3 is 2.60 bits per heavy atom. The molecule has 0 fully saturated rings. The van der Waals surface area contributed by atoms with Crippen molar-refractivity contribution in [1.82, 2.24) is 9.88 Å². The van der Waals surface area contributed by atoms with Gasteiger partial charge in [0, 0.05) is 19.7 Å². The fourth-order valence-electron chi connectivity index (χ4n) is 1.75. The predicted molar refractivity (Wildman–Crippen MR) is 73.9 cm³/mol. The molecule has 0 aliphatic heterocycles. The van der Waals surface area contributed by atoms with E-state index in [2.05, 4.69) is 4.98 Å². The number of amides is 1. The summed E-state index contributed by atoms with van der Waals surface area (Å²) < 4.78 is 5.01. The number of pyridine rings is 1. The molecule has 1 amide bonds. The van der Waals surface area contributed by atoms with Crippen LogP contribution in [0.5, 0.6) is 0 Å². The molecule has 1 rings (SSSR count). The number of aromatic nitrogens is 1. The molecule has 0 saturated carbocycles. The number of carbonyl (C=O) groups excluding carboxylic acids is 1. The normalized spacial score (nSPS) is 11.9. The van der Waals surface area contributed by atoms with E-state index in [1.165, 1.54) is 18.2 Å². The van der Waals surface area contributed by atoms with E-state index in [-0.39, 0.29) is 23.3 Å². The van der Waals surface area contributed by atoms with Crippen molar-refractivity contribution in [3.05, 3.63) is 29.6 Å². The van der Waals surface area contributed by atoms with Crippen LogP contribution in [0.15, 0.2) is 18.2 Å². The molecular formula is C14H20N2O4. The van der Waals surface area contributed by atoms with E-state index in [4.69, 9.17) is 9.84 Å². The number of ether oxygens (including phenoxy) is 1. The number of carboxylic acid groups (broad SMARTS) is 1. The van der Waals surface area contributed by atoms with Crippen molar-refractivity contribution in [2.45, 2.75) is 26.3 Å². The lowest BCUT2D eigenvalue weighted by Crippen LogP contribution is -2.41. The lowest BCUT2D eigenvalue weighted by molar-refractivity contribution is 0.0607. The Hall–Kier alpha value is -1.95. The molecule has 6 heteroatoms. The third-order valence-electron chi connectivity index (χ3n) is 3.11. The Morgan fingerprint density at radius 1 is 1.40 bits per heavy atom. The number of aromatic carboxylic acids is 1. The van der Waals surface area contributed by atoms with Crippen LogP contribution in [-0.2, 0) is 4.74 Å². The highest BCUT2D eigenvalue weighted by atomic mass is 16.5. The highest BCUT2D eigenvalue weighted by molar-refractivity contribution is 5.94. The van der Waals surface area contributed by atoms with Crippen LogP contribution in [0.3, 0.4) is 0 Å². The first-order valence-corrected chi connectivity index (χ1v) is 6.51. The summed E-state index contributed by atoms with van der Waals surface area (Å²) in [6.07, 6.45) is 0.800. The molecule has 1 N–H and O–H groups in total. The molecule has 1 heterocycles. The number of methoxy groups -OCH3 is 1. The third kappa shape index (κ3) is 4.03. The lowest BCUT2D eigenvalue weighted by atomic mass is 10.2. The van der Waals surface area contributed by atoms with Gasteiger partial charge in [0.15, 0.2) is 0 Å². The number of hydrogen-bond acceptors (Lipinski definition) is 4. The first kappa shape index (κ1) is 16.1. The largest absolute Gasteiger partial charge is 0.477 e. The Labute approximate surface area is 118 Å². The van der Waals surface area contributed by atoms with Crippen molar-refractivity contribution in [2.24, 2.45) is 0 Å². The summed E-state index contributed by atoms with van der Waals surface area (Å²) >= 11 is 0. The zero-order valence-corrected chi connectivity index (χ0v) is 12.0. The molecule has 1 aromatic rings. The second-order valence-electron chi connectivity index (χ2n) is 4.46. The van der Waals surface area contributed by atoms with Crippen molar-refractivity contribution in [3.63, 3.8) is 0 Å². The van der Waals surface area contributed by atoms with Crippen LogP contribution >= 0.6 is 0 Å². The number of carboxylic acids is 1. The van der Waals surface area contributed by atoms with Crippen LogP contribution in [0.25, 0.3) is 0 Å². The second-order valence-corrected chi connectivity index (χ2v) is 4.46. The van der Waals surface area contributed by atoms with Crippen molar-refractivity contribution < 1.29 is 19.4 Å². The maximum absolute atomic E-state index is 12.4. The van der Waals surface area contributed by atoms with Gasteiger partial charge in [0.1, 0.15) is 11.4 Å². The molecule has 0 radical (unpaired) electrons. The van der Waals surface area contributed by atoms with Crippen molar-refractivity contribution in [1.29, 1.82) is 0 Å². The maximum atomic E-state index is 12.4. The van der Waals surface area contributed by atoms with Gasteiger partial charge in [0.2, 0.25) is 0 Å². The quantitative estimate of drug-likeness (QED) is 0.821. The molecule has 0 saturated heterocycles. The second kappa shape index (κ2) is 7.59. The molecule has 0 aliphatic carbocycles. The average molecular weight is 280 g/mol. The van der Waals surface area contributed by atoms with E-state index in [0.29, 0.717) is 13.2 Å². The Bertz CT molecular complexity index is 476. The van der Waals surface area contributed by atoms with Gasteiger partial charge in [-0.1, -0.05) is 13.0 Å². The van der Waals surface area contributed by atoms with Gasteiger partial charge in [-0.05, 0) is 25.5 Å². The Balaban J connectivity index is 2.98. The molecule has 1 aromatic heterocycles. The molecular weight excluding hydrogens is 260 g/mol. The van der Waals surface area contributed by atoms with Crippen LogP contribution in [-0.4, -0.2) is 53.2 Å². The zero-order chi connectivity index (χ0) is 15.1. The van der Waals surface area contributed by atoms with E-state index in [0.717, 1.165) is 6.42 Å².